The minimum atomic E-state index is -1.07. The maximum absolute atomic E-state index is 13.4. The number of carbonyl (C=O) groups is 2. The lowest BCUT2D eigenvalue weighted by Gasteiger charge is -2.20. The third kappa shape index (κ3) is 5.31. The molecule has 0 radical (unpaired) electrons. The molecule has 5 aliphatic heterocycles. The molecule has 1 aliphatic carbocycles. The number of allylic oxidation sites excluding steroid dienone is 12. The Bertz CT molecular complexity index is 1930. The van der Waals surface area contributed by atoms with Crippen LogP contribution in [0.25, 0.3) is 0 Å². The monoisotopic (exact) mass is 646 g/mol. The molecule has 0 aromatic heterocycles. The van der Waals surface area contributed by atoms with E-state index in [1.165, 1.54) is 7.11 Å². The molecule has 0 aromatic carbocycles. The highest BCUT2D eigenvalue weighted by atomic mass is 16.5. The summed E-state index contributed by atoms with van der Waals surface area (Å²) in [4.78, 5) is 41.4. The Kier molecular flexibility index (Phi) is 8.81. The molecule has 0 aromatic rings. The van der Waals surface area contributed by atoms with Crippen molar-refractivity contribution < 1.29 is 24.2 Å². The van der Waals surface area contributed by atoms with Crippen molar-refractivity contribution in [3.05, 3.63) is 116 Å². The zero-order valence-electron chi connectivity index (χ0n) is 28.7. The van der Waals surface area contributed by atoms with Gasteiger partial charge in [0.2, 0.25) is 0 Å². The molecular formula is C39H42N4O5. The maximum atomic E-state index is 13.4. The van der Waals surface area contributed by atoms with E-state index in [4.69, 9.17) is 24.5 Å². The van der Waals surface area contributed by atoms with E-state index in [9.17, 15) is 14.7 Å². The minimum Gasteiger partial charge on any atom is -0.510 e. The van der Waals surface area contributed by atoms with Crippen LogP contribution in [0.3, 0.4) is 0 Å². The van der Waals surface area contributed by atoms with E-state index in [0.29, 0.717) is 29.0 Å². The molecule has 2 N–H and O–H groups in total. The average Bonchev–Trinajstić information content (AvgIpc) is 3.80. The molecule has 1 fully saturated rings. The number of hydrogen-bond acceptors (Lipinski definition) is 9. The van der Waals surface area contributed by atoms with Gasteiger partial charge in [0.25, 0.3) is 0 Å². The van der Waals surface area contributed by atoms with Crippen LogP contribution in [0.4, 0.5) is 0 Å². The minimum absolute atomic E-state index is 0.0910. The van der Waals surface area contributed by atoms with E-state index in [0.717, 1.165) is 68.5 Å². The lowest BCUT2D eigenvalue weighted by Crippen LogP contribution is -2.25. The molecular weight excluding hydrogens is 604 g/mol. The van der Waals surface area contributed by atoms with Crippen molar-refractivity contribution in [1.82, 2.24) is 5.32 Å². The Hall–Kier alpha value is -5.05. The van der Waals surface area contributed by atoms with Crippen LogP contribution in [-0.4, -0.2) is 47.9 Å². The normalized spacial score (nSPS) is 24.6. The predicted octanol–water partition coefficient (Wildman–Crippen LogP) is 7.14. The number of carbonyl (C=O) groups excluding carboxylic acids is 2. The van der Waals surface area contributed by atoms with Crippen LogP contribution in [0, 0.1) is 17.8 Å². The molecule has 1 saturated heterocycles. The highest BCUT2D eigenvalue weighted by Gasteiger charge is 2.49. The van der Waals surface area contributed by atoms with Gasteiger partial charge in [0.15, 0.2) is 0 Å². The largest absolute Gasteiger partial charge is 0.510 e. The van der Waals surface area contributed by atoms with Gasteiger partial charge in [-0.3, -0.25) is 9.59 Å². The molecule has 9 nitrogen and oxygen atoms in total. The number of methoxy groups -OCH3 is 1. The summed E-state index contributed by atoms with van der Waals surface area (Å²) in [7, 11) is 1.32. The van der Waals surface area contributed by atoms with Crippen molar-refractivity contribution in [2.45, 2.75) is 60.8 Å². The molecule has 0 saturated carbocycles. The number of esters is 2. The molecule has 5 heterocycles. The summed E-state index contributed by atoms with van der Waals surface area (Å²) in [5.41, 5.74) is 12.0. The number of ether oxygens (including phenoxy) is 2. The van der Waals surface area contributed by atoms with Crippen molar-refractivity contribution in [3.8, 4) is 0 Å². The number of rotatable bonds is 8. The van der Waals surface area contributed by atoms with Gasteiger partial charge in [0.05, 0.1) is 41.3 Å². The molecule has 3 unspecified atom stereocenters. The van der Waals surface area contributed by atoms with Crippen molar-refractivity contribution in [1.29, 1.82) is 0 Å². The van der Waals surface area contributed by atoms with E-state index >= 15 is 0 Å². The number of aliphatic hydroxyl groups is 1. The summed E-state index contributed by atoms with van der Waals surface area (Å²) in [6.45, 7) is 16.4. The van der Waals surface area contributed by atoms with Gasteiger partial charge in [-0.2, -0.15) is 0 Å². The fraction of sp³-hybridized carbons (Fsp3) is 0.359. The first-order valence-corrected chi connectivity index (χ1v) is 16.5. The Morgan fingerprint density at radius 1 is 1.04 bits per heavy atom. The second-order valence-electron chi connectivity index (χ2n) is 12.7. The van der Waals surface area contributed by atoms with E-state index in [-0.39, 0.29) is 36.6 Å². The topological polar surface area (TPSA) is 122 Å². The number of nitrogens with zero attached hydrogens (tertiary/aromatic N) is 3. The number of aliphatic imine (C=N–C) groups is 3. The molecule has 248 valence electrons. The van der Waals surface area contributed by atoms with Gasteiger partial charge in [-0.1, -0.05) is 38.7 Å². The molecule has 0 spiro atoms. The summed E-state index contributed by atoms with van der Waals surface area (Å²) < 4.78 is 10.7. The summed E-state index contributed by atoms with van der Waals surface area (Å²) in [5, 5.41) is 15.3. The summed E-state index contributed by atoms with van der Waals surface area (Å²) in [6.07, 6.45) is 12.9. The van der Waals surface area contributed by atoms with Crippen molar-refractivity contribution in [3.63, 3.8) is 0 Å². The van der Waals surface area contributed by atoms with Crippen LogP contribution in [-0.2, 0) is 19.1 Å². The summed E-state index contributed by atoms with van der Waals surface area (Å²) in [6, 6.07) is 0. The lowest BCUT2D eigenvalue weighted by atomic mass is 9.84. The first-order valence-electron chi connectivity index (χ1n) is 16.5. The van der Waals surface area contributed by atoms with Crippen LogP contribution < -0.4 is 5.32 Å². The average molecular weight is 647 g/mol. The SMILES string of the molecule is C=CC1=C(C)C2=NC1=CC1=NC(=CC3=C(C)C4=C(O)C(C(=O)OC)C(=C5NC(=C2)C(C)C5CCC(=O)OCC=CC)C4=N3)C(CC)=C1C. The van der Waals surface area contributed by atoms with Crippen LogP contribution in [0.2, 0.25) is 0 Å². The molecule has 9 heteroatoms. The Morgan fingerprint density at radius 3 is 2.46 bits per heavy atom. The molecule has 6 rings (SSSR count). The molecule has 48 heavy (non-hydrogen) atoms. The van der Waals surface area contributed by atoms with E-state index in [1.807, 2.05) is 51.2 Å². The highest BCUT2D eigenvalue weighted by molar-refractivity contribution is 6.24. The first-order chi connectivity index (χ1) is 23.0. The summed E-state index contributed by atoms with van der Waals surface area (Å²) in [5.74, 6) is -2.37. The molecule has 6 aliphatic rings. The van der Waals surface area contributed by atoms with Gasteiger partial charge in [-0.25, -0.2) is 15.0 Å². The fourth-order valence-corrected chi connectivity index (χ4v) is 7.36. The maximum Gasteiger partial charge on any atom is 0.321 e. The zero-order valence-corrected chi connectivity index (χ0v) is 28.7. The second kappa shape index (κ2) is 12.9. The third-order valence-electron chi connectivity index (χ3n) is 10.1. The quantitative estimate of drug-likeness (QED) is 0.214. The lowest BCUT2D eigenvalue weighted by molar-refractivity contribution is -0.144. The third-order valence-corrected chi connectivity index (χ3v) is 10.1. The molecule has 8 bridgehead atoms. The van der Waals surface area contributed by atoms with Crippen LogP contribution in [0.5, 0.6) is 0 Å². The van der Waals surface area contributed by atoms with Crippen LogP contribution >= 0.6 is 0 Å². The predicted molar refractivity (Wildman–Crippen MR) is 188 cm³/mol. The smallest absolute Gasteiger partial charge is 0.321 e. The van der Waals surface area contributed by atoms with Crippen LogP contribution in [0.15, 0.2) is 131 Å². The molecule has 3 atom stereocenters. The zero-order chi connectivity index (χ0) is 34.4. The van der Waals surface area contributed by atoms with E-state index in [2.05, 4.69) is 32.7 Å². The second-order valence-corrected chi connectivity index (χ2v) is 12.7. The highest BCUT2D eigenvalue weighted by Crippen LogP contribution is 2.49. The Labute approximate surface area is 281 Å². The fourth-order valence-electron chi connectivity index (χ4n) is 7.36. The van der Waals surface area contributed by atoms with Gasteiger partial charge in [0.1, 0.15) is 18.3 Å². The number of hydrogen-bond donors (Lipinski definition) is 2. The standard InChI is InChI=1S/C39H42N4O5/c1-9-12-15-48-32(44)14-13-25-21(6)28-16-26-19(4)23(10-2)30(40-26)17-27-20(5)24(11-3)31(41-27)18-29-22(7)33-37(43-29)34(36(25)42-28)35(38(33)45)39(46)47-8/h9-10,12,16-18,21,25,35,42,45H,2,11,13-15H2,1,3-8H3. The van der Waals surface area contributed by atoms with E-state index < -0.39 is 11.9 Å². The van der Waals surface area contributed by atoms with E-state index in [1.54, 1.807) is 6.08 Å². The number of fused-ring (bicyclic) bond motifs is 5. The van der Waals surface area contributed by atoms with Gasteiger partial charge in [0, 0.05) is 46.4 Å². The summed E-state index contributed by atoms with van der Waals surface area (Å²) >= 11 is 0. The number of aliphatic hydroxyl groups excluding tert-OH is 1. The Balaban J connectivity index is 1.59. The molecule has 0 amide bonds. The van der Waals surface area contributed by atoms with Crippen molar-refractivity contribution in [2.75, 3.05) is 13.7 Å². The van der Waals surface area contributed by atoms with Gasteiger partial charge in [-0.05, 0) is 81.1 Å². The van der Waals surface area contributed by atoms with Crippen molar-refractivity contribution >= 4 is 29.1 Å². The van der Waals surface area contributed by atoms with Gasteiger partial charge >= 0.3 is 11.9 Å². The van der Waals surface area contributed by atoms with Crippen LogP contribution in [0.1, 0.15) is 60.8 Å². The van der Waals surface area contributed by atoms with Gasteiger partial charge in [-0.15, -0.1) is 0 Å². The van der Waals surface area contributed by atoms with Gasteiger partial charge < -0.3 is 19.9 Å². The van der Waals surface area contributed by atoms with Crippen molar-refractivity contribution in [2.24, 2.45) is 32.7 Å². The first kappa shape index (κ1) is 32.9. The number of nitrogens with one attached hydrogen (secondary N) is 1. The Morgan fingerprint density at radius 2 is 1.77 bits per heavy atom.